The van der Waals surface area contributed by atoms with E-state index in [9.17, 15) is 9.59 Å². The Morgan fingerprint density at radius 1 is 1.17 bits per heavy atom. The van der Waals surface area contributed by atoms with Gasteiger partial charge in [-0.1, -0.05) is 18.2 Å². The van der Waals surface area contributed by atoms with Crippen molar-refractivity contribution in [3.8, 4) is 11.5 Å². The molecule has 7 heteroatoms. The summed E-state index contributed by atoms with van der Waals surface area (Å²) in [7, 11) is 0. The minimum Gasteiger partial charge on any atom is -0.494 e. The first-order chi connectivity index (χ1) is 14.5. The number of aromatic nitrogens is 1. The van der Waals surface area contributed by atoms with Gasteiger partial charge in [-0.15, -0.1) is 0 Å². The first-order valence-electron chi connectivity index (χ1n) is 9.99. The van der Waals surface area contributed by atoms with Crippen molar-refractivity contribution in [2.24, 2.45) is 5.73 Å². The number of carbonyl (C=O) groups is 2. The van der Waals surface area contributed by atoms with E-state index >= 15 is 0 Å². The van der Waals surface area contributed by atoms with E-state index in [-0.39, 0.29) is 5.91 Å². The molecule has 0 spiro atoms. The standard InChI is InChI=1S/C23H24N2O5/c1-2-29-15-8-6-14(7-9-15)12-25-17-4-3-5-19(30-13-20(26)27)22(17)21-16(23(24)28)10-11-18(21)25/h3-9,16H,2,10-13H2,1H3,(H2,24,28)(H,26,27). The number of nitrogens with two attached hydrogens (primary N) is 1. The summed E-state index contributed by atoms with van der Waals surface area (Å²) >= 11 is 0. The summed E-state index contributed by atoms with van der Waals surface area (Å²) in [5.41, 5.74) is 9.60. The van der Waals surface area contributed by atoms with Crippen LogP contribution in [0.2, 0.25) is 0 Å². The number of nitrogens with zero attached hydrogens (tertiary/aromatic N) is 1. The number of hydrogen-bond acceptors (Lipinski definition) is 4. The van der Waals surface area contributed by atoms with Crippen LogP contribution in [0.3, 0.4) is 0 Å². The van der Waals surface area contributed by atoms with Crippen molar-refractivity contribution in [3.05, 3.63) is 59.3 Å². The molecule has 3 N–H and O–H groups in total. The van der Waals surface area contributed by atoms with Crippen LogP contribution in [0.25, 0.3) is 10.9 Å². The third-order valence-electron chi connectivity index (χ3n) is 5.49. The highest BCUT2D eigenvalue weighted by Gasteiger charge is 2.34. The summed E-state index contributed by atoms with van der Waals surface area (Å²) in [6.07, 6.45) is 1.37. The van der Waals surface area contributed by atoms with Crippen LogP contribution in [-0.2, 0) is 22.6 Å². The van der Waals surface area contributed by atoms with Crippen LogP contribution >= 0.6 is 0 Å². The maximum Gasteiger partial charge on any atom is 0.341 e. The topological polar surface area (TPSA) is 104 Å². The van der Waals surface area contributed by atoms with Gasteiger partial charge in [-0.25, -0.2) is 4.79 Å². The average molecular weight is 408 g/mol. The van der Waals surface area contributed by atoms with Gasteiger partial charge >= 0.3 is 5.97 Å². The summed E-state index contributed by atoms with van der Waals surface area (Å²) in [6, 6.07) is 13.5. The Labute approximate surface area is 174 Å². The molecule has 1 aliphatic carbocycles. The lowest BCUT2D eigenvalue weighted by Gasteiger charge is -2.12. The van der Waals surface area contributed by atoms with Crippen molar-refractivity contribution in [1.29, 1.82) is 0 Å². The molecule has 7 nitrogen and oxygen atoms in total. The number of benzene rings is 2. The van der Waals surface area contributed by atoms with Gasteiger partial charge in [0.2, 0.25) is 5.91 Å². The van der Waals surface area contributed by atoms with Crippen molar-refractivity contribution in [2.75, 3.05) is 13.2 Å². The molecule has 1 atom stereocenters. The average Bonchev–Trinajstić information content (AvgIpc) is 3.28. The quantitative estimate of drug-likeness (QED) is 0.596. The second-order valence-electron chi connectivity index (χ2n) is 7.35. The molecule has 30 heavy (non-hydrogen) atoms. The van der Waals surface area contributed by atoms with Crippen LogP contribution in [0, 0.1) is 0 Å². The van der Waals surface area contributed by atoms with Crippen LogP contribution < -0.4 is 15.2 Å². The second kappa shape index (κ2) is 8.10. The van der Waals surface area contributed by atoms with E-state index in [0.29, 0.717) is 25.3 Å². The van der Waals surface area contributed by atoms with Crippen LogP contribution in [0.1, 0.15) is 36.1 Å². The number of carboxylic acid groups (broad SMARTS) is 1. The van der Waals surface area contributed by atoms with Gasteiger partial charge in [0.15, 0.2) is 6.61 Å². The van der Waals surface area contributed by atoms with Crippen molar-refractivity contribution < 1.29 is 24.2 Å². The molecular formula is C23H24N2O5. The van der Waals surface area contributed by atoms with Crippen LogP contribution in [0.5, 0.6) is 11.5 Å². The number of rotatable bonds is 8. The zero-order valence-corrected chi connectivity index (χ0v) is 16.8. The molecule has 1 heterocycles. The third-order valence-corrected chi connectivity index (χ3v) is 5.49. The fraction of sp³-hybridized carbons (Fsp3) is 0.304. The van der Waals surface area contributed by atoms with E-state index in [1.165, 1.54) is 0 Å². The molecule has 0 bridgehead atoms. The number of aliphatic carboxylic acids is 1. The predicted octanol–water partition coefficient (Wildman–Crippen LogP) is 3.07. The Morgan fingerprint density at radius 2 is 1.93 bits per heavy atom. The van der Waals surface area contributed by atoms with Crippen molar-refractivity contribution >= 4 is 22.8 Å². The van der Waals surface area contributed by atoms with E-state index in [1.807, 2.05) is 43.3 Å². The molecule has 1 aliphatic rings. The molecule has 1 unspecified atom stereocenters. The normalized spacial score (nSPS) is 15.2. The van der Waals surface area contributed by atoms with Gasteiger partial charge in [0.05, 0.1) is 18.0 Å². The molecule has 0 saturated carbocycles. The molecule has 0 fully saturated rings. The Morgan fingerprint density at radius 3 is 2.60 bits per heavy atom. The first kappa shape index (κ1) is 19.8. The Hall–Kier alpha value is -3.48. The van der Waals surface area contributed by atoms with Gasteiger partial charge in [-0.2, -0.15) is 0 Å². The highest BCUT2D eigenvalue weighted by Crippen LogP contribution is 2.44. The number of amides is 1. The zero-order chi connectivity index (χ0) is 21.3. The number of ether oxygens (including phenoxy) is 2. The van der Waals surface area contributed by atoms with Crippen molar-refractivity contribution in [3.63, 3.8) is 0 Å². The molecule has 1 amide bonds. The van der Waals surface area contributed by atoms with E-state index < -0.39 is 18.5 Å². The number of carbonyl (C=O) groups excluding carboxylic acids is 1. The molecule has 0 radical (unpaired) electrons. The molecule has 0 saturated heterocycles. The minimum atomic E-state index is -1.05. The maximum absolute atomic E-state index is 12.1. The van der Waals surface area contributed by atoms with Crippen molar-refractivity contribution in [2.45, 2.75) is 32.2 Å². The summed E-state index contributed by atoms with van der Waals surface area (Å²) < 4.78 is 13.3. The molecule has 0 aliphatic heterocycles. The van der Waals surface area contributed by atoms with Crippen molar-refractivity contribution in [1.82, 2.24) is 4.57 Å². The molecule has 2 aromatic carbocycles. The van der Waals surface area contributed by atoms with E-state index in [2.05, 4.69) is 4.57 Å². The first-order valence-corrected chi connectivity index (χ1v) is 9.99. The number of hydrogen-bond donors (Lipinski definition) is 2. The van der Waals surface area contributed by atoms with Gasteiger partial charge in [-0.05, 0) is 55.2 Å². The SMILES string of the molecule is CCOc1ccc(Cn2c3c(c4c(OCC(=O)O)cccc42)C(C(N)=O)CC3)cc1. The van der Waals surface area contributed by atoms with Gasteiger partial charge in [0.25, 0.3) is 0 Å². The van der Waals surface area contributed by atoms with E-state index in [4.69, 9.17) is 20.3 Å². The summed E-state index contributed by atoms with van der Waals surface area (Å²) in [4.78, 5) is 23.1. The molecular weight excluding hydrogens is 384 g/mol. The van der Waals surface area contributed by atoms with Gasteiger partial charge in [-0.3, -0.25) is 4.79 Å². The Kier molecular flexibility index (Phi) is 5.35. The summed E-state index contributed by atoms with van der Waals surface area (Å²) in [6.45, 7) is 2.73. The predicted molar refractivity (Wildman–Crippen MR) is 112 cm³/mol. The highest BCUT2D eigenvalue weighted by molar-refractivity contribution is 5.97. The van der Waals surface area contributed by atoms with Gasteiger partial charge < -0.3 is 24.9 Å². The molecule has 156 valence electrons. The molecule has 4 rings (SSSR count). The molecule has 1 aromatic heterocycles. The third kappa shape index (κ3) is 3.58. The van der Waals surface area contributed by atoms with Gasteiger partial charge in [0.1, 0.15) is 11.5 Å². The van der Waals surface area contributed by atoms with E-state index in [0.717, 1.165) is 39.9 Å². The number of primary amides is 1. The highest BCUT2D eigenvalue weighted by atomic mass is 16.5. The van der Waals surface area contributed by atoms with Crippen LogP contribution in [0.4, 0.5) is 0 Å². The summed E-state index contributed by atoms with van der Waals surface area (Å²) in [5.74, 6) is -0.545. The van der Waals surface area contributed by atoms with E-state index in [1.54, 1.807) is 6.07 Å². The lowest BCUT2D eigenvalue weighted by Crippen LogP contribution is -2.19. The Balaban J connectivity index is 1.81. The van der Waals surface area contributed by atoms with Crippen LogP contribution in [-0.4, -0.2) is 34.8 Å². The molecule has 3 aromatic rings. The maximum atomic E-state index is 12.1. The smallest absolute Gasteiger partial charge is 0.341 e. The Bertz CT molecular complexity index is 1100. The number of carboxylic acids is 1. The minimum absolute atomic E-state index is 0.373. The largest absolute Gasteiger partial charge is 0.494 e. The monoisotopic (exact) mass is 408 g/mol. The lowest BCUT2D eigenvalue weighted by molar-refractivity contribution is -0.139. The number of fused-ring (bicyclic) bond motifs is 3. The fourth-order valence-corrected chi connectivity index (χ4v) is 4.29. The van der Waals surface area contributed by atoms with Crippen LogP contribution in [0.15, 0.2) is 42.5 Å². The summed E-state index contributed by atoms with van der Waals surface area (Å²) in [5, 5.41) is 9.81. The second-order valence-corrected chi connectivity index (χ2v) is 7.35. The fourth-order valence-electron chi connectivity index (χ4n) is 4.29. The lowest BCUT2D eigenvalue weighted by atomic mass is 9.99. The van der Waals surface area contributed by atoms with Gasteiger partial charge in [0, 0.05) is 17.6 Å². The zero-order valence-electron chi connectivity index (χ0n) is 16.8.